The molecule has 276 valence electrons. The molecule has 1 atom stereocenters. The van der Waals surface area contributed by atoms with Crippen LogP contribution in [0.15, 0.2) is 66.9 Å². The van der Waals surface area contributed by atoms with Gasteiger partial charge in [-0.2, -0.15) is 0 Å². The molecule has 0 bridgehead atoms. The summed E-state index contributed by atoms with van der Waals surface area (Å²) < 4.78 is 17.3. The summed E-state index contributed by atoms with van der Waals surface area (Å²) in [4.78, 5) is 31.4. The van der Waals surface area contributed by atoms with E-state index in [4.69, 9.17) is 42.5 Å². The molecule has 0 saturated carbocycles. The number of hydrogen-bond acceptors (Lipinski definition) is 9. The van der Waals surface area contributed by atoms with Crippen molar-refractivity contribution in [3.8, 4) is 33.9 Å². The number of para-hydroxylation sites is 1. The molecule has 3 aromatic carbocycles. The molecule has 2 amide bonds. The summed E-state index contributed by atoms with van der Waals surface area (Å²) in [5, 5.41) is 19.6. The van der Waals surface area contributed by atoms with E-state index in [1.165, 1.54) is 0 Å². The van der Waals surface area contributed by atoms with Crippen molar-refractivity contribution in [3.05, 3.63) is 88.0 Å². The van der Waals surface area contributed by atoms with Gasteiger partial charge in [-0.1, -0.05) is 59.6 Å². The van der Waals surface area contributed by atoms with Crippen molar-refractivity contribution in [2.24, 2.45) is 0 Å². The third kappa shape index (κ3) is 9.46. The highest BCUT2D eigenvalue weighted by Gasteiger charge is 2.29. The van der Waals surface area contributed by atoms with Crippen LogP contribution in [0.2, 0.25) is 10.0 Å². The molecule has 11 nitrogen and oxygen atoms in total. The van der Waals surface area contributed by atoms with Crippen LogP contribution >= 0.6 is 23.2 Å². The Morgan fingerprint density at radius 3 is 2.44 bits per heavy atom. The summed E-state index contributed by atoms with van der Waals surface area (Å²) in [5.74, 6) is 1.17. The average molecular weight is 751 g/mol. The van der Waals surface area contributed by atoms with Gasteiger partial charge in [0, 0.05) is 66.1 Å². The lowest BCUT2D eigenvalue weighted by atomic mass is 10.0. The van der Waals surface area contributed by atoms with Crippen molar-refractivity contribution in [1.82, 2.24) is 20.5 Å². The standard InChI is InChI=1S/C39H45Cl2N5O6/c1-39(2,3)52-38(49)46(23-27-14-15-33(48)44-27)22-26-13-12-24(20-32(26)50-4)36-35(41)29(16-17-43-36)28-9-7-10-30(34(28)40)45-31-11-6-8-25(37(31)51-5)21-42-18-19-47/h6-13,16-17,20,27,42,45,47H,14-15,18-19,21-23H2,1-5H3,(H,44,48)/t27-/m0/s1. The number of halogens is 2. The fourth-order valence-electron chi connectivity index (χ4n) is 6.04. The maximum atomic E-state index is 13.3. The van der Waals surface area contributed by atoms with E-state index in [2.05, 4.69) is 20.9 Å². The lowest BCUT2D eigenvalue weighted by Gasteiger charge is -2.29. The molecule has 1 aromatic heterocycles. The molecule has 2 heterocycles. The van der Waals surface area contributed by atoms with Crippen molar-refractivity contribution in [1.29, 1.82) is 0 Å². The number of carbonyl (C=O) groups is 2. The summed E-state index contributed by atoms with van der Waals surface area (Å²) >= 11 is 14.1. The zero-order valence-corrected chi connectivity index (χ0v) is 31.5. The van der Waals surface area contributed by atoms with Gasteiger partial charge in [0.15, 0.2) is 0 Å². The van der Waals surface area contributed by atoms with Crippen molar-refractivity contribution in [3.63, 3.8) is 0 Å². The zero-order valence-electron chi connectivity index (χ0n) is 30.0. The number of aliphatic hydroxyl groups excluding tert-OH is 1. The Hall–Kier alpha value is -4.55. The van der Waals surface area contributed by atoms with Crippen molar-refractivity contribution in [2.75, 3.05) is 39.2 Å². The van der Waals surface area contributed by atoms with Crippen molar-refractivity contribution in [2.45, 2.75) is 58.3 Å². The van der Waals surface area contributed by atoms with Gasteiger partial charge in [-0.3, -0.25) is 9.78 Å². The number of pyridine rings is 1. The Bertz CT molecular complexity index is 1900. The third-order valence-corrected chi connectivity index (χ3v) is 9.24. The van der Waals surface area contributed by atoms with E-state index in [0.29, 0.717) is 82.1 Å². The topological polar surface area (TPSA) is 134 Å². The lowest BCUT2D eigenvalue weighted by Crippen LogP contribution is -2.43. The molecule has 0 spiro atoms. The number of aliphatic hydroxyl groups is 1. The minimum atomic E-state index is -0.690. The Kier molecular flexibility index (Phi) is 12.9. The van der Waals surface area contributed by atoms with Gasteiger partial charge >= 0.3 is 6.09 Å². The first kappa shape index (κ1) is 38.7. The van der Waals surface area contributed by atoms with Crippen LogP contribution in [-0.4, -0.2) is 72.5 Å². The molecular formula is C39H45Cl2N5O6. The van der Waals surface area contributed by atoms with E-state index in [9.17, 15) is 9.59 Å². The normalized spacial score (nSPS) is 14.2. The summed E-state index contributed by atoms with van der Waals surface area (Å²) in [6.07, 6.45) is 2.27. The van der Waals surface area contributed by atoms with Crippen LogP contribution in [0.3, 0.4) is 0 Å². The summed E-state index contributed by atoms with van der Waals surface area (Å²) in [6, 6.07) is 18.7. The van der Waals surface area contributed by atoms with Gasteiger partial charge in [0.2, 0.25) is 5.91 Å². The number of benzene rings is 3. The quantitative estimate of drug-likeness (QED) is 0.0963. The predicted octanol–water partition coefficient (Wildman–Crippen LogP) is 7.58. The smallest absolute Gasteiger partial charge is 0.410 e. The van der Waals surface area contributed by atoms with Crippen LogP contribution in [0, 0.1) is 0 Å². The molecule has 0 radical (unpaired) electrons. The number of aromatic nitrogens is 1. The largest absolute Gasteiger partial charge is 0.496 e. The van der Waals surface area contributed by atoms with Crippen molar-refractivity contribution < 1.29 is 28.9 Å². The number of carbonyl (C=O) groups excluding carboxylic acids is 2. The highest BCUT2D eigenvalue weighted by Crippen LogP contribution is 2.43. The summed E-state index contributed by atoms with van der Waals surface area (Å²) in [5.41, 5.74) is 5.01. The van der Waals surface area contributed by atoms with Gasteiger partial charge < -0.3 is 40.2 Å². The molecule has 1 fully saturated rings. The van der Waals surface area contributed by atoms with Gasteiger partial charge in [0.25, 0.3) is 0 Å². The number of ether oxygens (including phenoxy) is 3. The Labute approximate surface area is 314 Å². The first-order valence-corrected chi connectivity index (χ1v) is 17.8. The Balaban J connectivity index is 1.42. The third-order valence-electron chi connectivity index (χ3n) is 8.45. The lowest BCUT2D eigenvalue weighted by molar-refractivity contribution is -0.119. The van der Waals surface area contributed by atoms with E-state index in [1.807, 2.05) is 81.4 Å². The average Bonchev–Trinajstić information content (AvgIpc) is 3.53. The molecular weight excluding hydrogens is 705 g/mol. The van der Waals surface area contributed by atoms with Gasteiger partial charge in [-0.25, -0.2) is 4.79 Å². The zero-order chi connectivity index (χ0) is 37.4. The molecule has 4 N–H and O–H groups in total. The monoisotopic (exact) mass is 749 g/mol. The van der Waals surface area contributed by atoms with E-state index < -0.39 is 11.7 Å². The first-order valence-electron chi connectivity index (χ1n) is 17.0. The second-order valence-corrected chi connectivity index (χ2v) is 14.2. The number of rotatable bonds is 14. The van der Waals surface area contributed by atoms with Crippen molar-refractivity contribution >= 4 is 46.6 Å². The molecule has 13 heteroatoms. The fraction of sp³-hybridized carbons (Fsp3) is 0.359. The van der Waals surface area contributed by atoms with Crippen LogP contribution < -0.4 is 25.4 Å². The summed E-state index contributed by atoms with van der Waals surface area (Å²) in [6.45, 7) is 6.99. The molecule has 4 aromatic rings. The molecule has 5 rings (SSSR count). The second kappa shape index (κ2) is 17.3. The number of nitrogens with one attached hydrogen (secondary N) is 3. The minimum absolute atomic E-state index is 0.0269. The van der Waals surface area contributed by atoms with Crippen LogP contribution in [0.1, 0.15) is 44.7 Å². The highest BCUT2D eigenvalue weighted by molar-refractivity contribution is 6.39. The first-order chi connectivity index (χ1) is 24.9. The van der Waals surface area contributed by atoms with E-state index in [-0.39, 0.29) is 25.1 Å². The predicted molar refractivity (Wildman–Crippen MR) is 205 cm³/mol. The Morgan fingerprint density at radius 1 is 1.00 bits per heavy atom. The second-order valence-electron chi connectivity index (χ2n) is 13.4. The van der Waals surface area contributed by atoms with E-state index >= 15 is 0 Å². The van der Waals surface area contributed by atoms with Gasteiger partial charge in [0.05, 0.1) is 54.5 Å². The molecule has 0 aliphatic carbocycles. The molecule has 0 unspecified atom stereocenters. The number of methoxy groups -OCH3 is 2. The minimum Gasteiger partial charge on any atom is -0.496 e. The number of anilines is 2. The van der Waals surface area contributed by atoms with Gasteiger partial charge in [-0.05, 0) is 51.5 Å². The number of hydrogen-bond donors (Lipinski definition) is 4. The van der Waals surface area contributed by atoms with Gasteiger partial charge in [0.1, 0.15) is 17.1 Å². The van der Waals surface area contributed by atoms with E-state index in [1.54, 1.807) is 25.3 Å². The van der Waals surface area contributed by atoms with Crippen LogP contribution in [0.25, 0.3) is 22.4 Å². The summed E-state index contributed by atoms with van der Waals surface area (Å²) in [7, 11) is 3.18. The highest BCUT2D eigenvalue weighted by atomic mass is 35.5. The fourth-order valence-corrected chi connectivity index (χ4v) is 6.64. The molecule has 1 saturated heterocycles. The maximum absolute atomic E-state index is 13.3. The number of amides is 2. The van der Waals surface area contributed by atoms with E-state index in [0.717, 1.165) is 16.8 Å². The van der Waals surface area contributed by atoms with Crippen LogP contribution in [0.4, 0.5) is 16.2 Å². The SMILES string of the molecule is COc1cc(-c2nccc(-c3cccc(Nc4cccc(CNCCO)c4OC)c3Cl)c2Cl)ccc1CN(C[C@@H]1CCC(=O)N1)C(=O)OC(C)(C)C. The Morgan fingerprint density at radius 2 is 1.75 bits per heavy atom. The van der Waals surface area contributed by atoms with Crippen LogP contribution in [0.5, 0.6) is 11.5 Å². The van der Waals surface area contributed by atoms with Crippen LogP contribution in [-0.2, 0) is 22.6 Å². The van der Waals surface area contributed by atoms with Gasteiger partial charge in [-0.15, -0.1) is 0 Å². The molecule has 52 heavy (non-hydrogen) atoms. The molecule has 1 aliphatic heterocycles. The molecule has 1 aliphatic rings. The maximum Gasteiger partial charge on any atom is 0.410 e. The number of nitrogens with zero attached hydrogens (tertiary/aromatic N) is 2.